The van der Waals surface area contributed by atoms with Crippen LogP contribution in [0.15, 0.2) is 18.3 Å². The summed E-state index contributed by atoms with van der Waals surface area (Å²) >= 11 is 0. The molecule has 0 spiro atoms. The first-order chi connectivity index (χ1) is 8.56. The van der Waals surface area contributed by atoms with Gasteiger partial charge >= 0.3 is 0 Å². The quantitative estimate of drug-likeness (QED) is 0.833. The van der Waals surface area contributed by atoms with E-state index in [9.17, 15) is 4.79 Å². The van der Waals surface area contributed by atoms with Gasteiger partial charge in [-0.05, 0) is 31.9 Å². The minimum Gasteiger partial charge on any atom is -0.340 e. The second kappa shape index (κ2) is 4.80. The summed E-state index contributed by atoms with van der Waals surface area (Å²) in [5, 5.41) is 0. The van der Waals surface area contributed by atoms with E-state index in [2.05, 4.69) is 11.9 Å². The van der Waals surface area contributed by atoms with Gasteiger partial charge in [0.05, 0.1) is 5.69 Å². The van der Waals surface area contributed by atoms with E-state index in [0.29, 0.717) is 5.69 Å². The van der Waals surface area contributed by atoms with E-state index < -0.39 is 0 Å². The van der Waals surface area contributed by atoms with Crippen molar-refractivity contribution in [2.75, 3.05) is 13.6 Å². The molecule has 4 heteroatoms. The number of pyridine rings is 1. The molecular weight excluding hydrogens is 226 g/mol. The van der Waals surface area contributed by atoms with Gasteiger partial charge in [-0.25, -0.2) is 4.98 Å². The van der Waals surface area contributed by atoms with Crippen LogP contribution in [0.3, 0.4) is 0 Å². The largest absolute Gasteiger partial charge is 0.340 e. The van der Waals surface area contributed by atoms with E-state index in [1.807, 2.05) is 43.6 Å². The normalized spacial score (nSPS) is 10.9. The third kappa shape index (κ3) is 1.98. The first kappa shape index (κ1) is 12.6. The number of aromatic nitrogens is 2. The van der Waals surface area contributed by atoms with Crippen molar-refractivity contribution in [1.29, 1.82) is 0 Å². The molecule has 1 amide bonds. The molecule has 0 N–H and O–H groups in total. The first-order valence-electron chi connectivity index (χ1n) is 6.26. The molecular formula is C14H19N3O. The van der Waals surface area contributed by atoms with Gasteiger partial charge in [-0.3, -0.25) is 9.20 Å². The molecule has 0 unspecified atom stereocenters. The Morgan fingerprint density at radius 1 is 1.44 bits per heavy atom. The van der Waals surface area contributed by atoms with Gasteiger partial charge in [0, 0.05) is 19.8 Å². The van der Waals surface area contributed by atoms with Crippen LogP contribution < -0.4 is 0 Å². The Kier molecular flexibility index (Phi) is 3.36. The number of carbonyl (C=O) groups excluding carboxylic acids is 1. The molecule has 0 radical (unpaired) electrons. The summed E-state index contributed by atoms with van der Waals surface area (Å²) in [5.41, 5.74) is 3.41. The maximum Gasteiger partial charge on any atom is 0.272 e. The minimum atomic E-state index is 0.0347. The van der Waals surface area contributed by atoms with Gasteiger partial charge in [-0.1, -0.05) is 13.0 Å². The van der Waals surface area contributed by atoms with E-state index in [1.54, 1.807) is 4.90 Å². The number of fused-ring (bicyclic) bond motifs is 1. The number of carbonyl (C=O) groups is 1. The monoisotopic (exact) mass is 245 g/mol. The van der Waals surface area contributed by atoms with Crippen molar-refractivity contribution >= 4 is 11.6 Å². The fourth-order valence-corrected chi connectivity index (χ4v) is 2.19. The van der Waals surface area contributed by atoms with Crippen molar-refractivity contribution < 1.29 is 4.79 Å². The van der Waals surface area contributed by atoms with Gasteiger partial charge < -0.3 is 4.90 Å². The lowest BCUT2D eigenvalue weighted by atomic mass is 10.3. The number of amides is 1. The van der Waals surface area contributed by atoms with Gasteiger partial charge in [0.2, 0.25) is 0 Å². The average molecular weight is 245 g/mol. The highest BCUT2D eigenvalue weighted by Gasteiger charge is 2.19. The van der Waals surface area contributed by atoms with Crippen LogP contribution in [0.25, 0.3) is 5.65 Å². The summed E-state index contributed by atoms with van der Waals surface area (Å²) in [6.07, 6.45) is 2.85. The number of nitrogens with zero attached hydrogens (tertiary/aromatic N) is 3. The Balaban J connectivity index is 2.54. The summed E-state index contributed by atoms with van der Waals surface area (Å²) in [6, 6.07) is 3.95. The standard InChI is InChI=1S/C14H19N3O/c1-5-8-16(4)14(18)12-11(3)15-13-10(2)7-6-9-17(12)13/h6-7,9H,5,8H2,1-4H3. The lowest BCUT2D eigenvalue weighted by Crippen LogP contribution is -2.29. The van der Waals surface area contributed by atoms with Crippen molar-refractivity contribution in [2.45, 2.75) is 27.2 Å². The third-order valence-electron chi connectivity index (χ3n) is 3.13. The van der Waals surface area contributed by atoms with E-state index in [4.69, 9.17) is 0 Å². The molecule has 4 nitrogen and oxygen atoms in total. The molecule has 2 heterocycles. The molecule has 2 aromatic heterocycles. The molecule has 0 aliphatic rings. The lowest BCUT2D eigenvalue weighted by Gasteiger charge is -2.16. The van der Waals surface area contributed by atoms with Crippen molar-refractivity contribution in [3.8, 4) is 0 Å². The summed E-state index contributed by atoms with van der Waals surface area (Å²) < 4.78 is 1.89. The smallest absolute Gasteiger partial charge is 0.272 e. The Labute approximate surface area is 107 Å². The Morgan fingerprint density at radius 3 is 2.83 bits per heavy atom. The molecule has 2 rings (SSSR count). The summed E-state index contributed by atoms with van der Waals surface area (Å²) in [4.78, 5) is 18.6. The summed E-state index contributed by atoms with van der Waals surface area (Å²) in [7, 11) is 1.83. The molecule has 0 aromatic carbocycles. The number of hydrogen-bond donors (Lipinski definition) is 0. The van der Waals surface area contributed by atoms with Crippen molar-refractivity contribution in [3.63, 3.8) is 0 Å². The Hall–Kier alpha value is -1.84. The van der Waals surface area contributed by atoms with Crippen molar-refractivity contribution in [2.24, 2.45) is 0 Å². The zero-order valence-electron chi connectivity index (χ0n) is 11.4. The highest BCUT2D eigenvalue weighted by atomic mass is 16.2. The highest BCUT2D eigenvalue weighted by Crippen LogP contribution is 2.16. The molecule has 0 aliphatic heterocycles. The lowest BCUT2D eigenvalue weighted by molar-refractivity contribution is 0.0787. The number of hydrogen-bond acceptors (Lipinski definition) is 2. The Bertz CT molecular complexity index is 586. The Morgan fingerprint density at radius 2 is 2.17 bits per heavy atom. The second-order valence-electron chi connectivity index (χ2n) is 4.66. The molecule has 2 aromatic rings. The SMILES string of the molecule is CCCN(C)C(=O)c1c(C)nc2c(C)cccn12. The van der Waals surface area contributed by atoms with Crippen LogP contribution in [-0.4, -0.2) is 33.8 Å². The van der Waals surface area contributed by atoms with Crippen LogP contribution in [0.1, 0.15) is 35.1 Å². The van der Waals surface area contributed by atoms with E-state index in [1.165, 1.54) is 0 Å². The predicted molar refractivity (Wildman–Crippen MR) is 71.9 cm³/mol. The molecule has 18 heavy (non-hydrogen) atoms. The third-order valence-corrected chi connectivity index (χ3v) is 3.13. The van der Waals surface area contributed by atoms with Crippen LogP contribution in [0.5, 0.6) is 0 Å². The van der Waals surface area contributed by atoms with Crippen LogP contribution in [0, 0.1) is 13.8 Å². The van der Waals surface area contributed by atoms with E-state index in [0.717, 1.165) is 29.9 Å². The van der Waals surface area contributed by atoms with E-state index in [-0.39, 0.29) is 5.91 Å². The molecule has 0 bridgehead atoms. The van der Waals surface area contributed by atoms with Gasteiger partial charge in [0.25, 0.3) is 5.91 Å². The molecule has 0 saturated heterocycles. The van der Waals surface area contributed by atoms with Crippen molar-refractivity contribution in [3.05, 3.63) is 35.3 Å². The maximum absolute atomic E-state index is 12.4. The predicted octanol–water partition coefficient (Wildman–Crippen LogP) is 2.43. The van der Waals surface area contributed by atoms with Gasteiger partial charge in [-0.2, -0.15) is 0 Å². The fraction of sp³-hybridized carbons (Fsp3) is 0.429. The average Bonchev–Trinajstić information content (AvgIpc) is 2.66. The minimum absolute atomic E-state index is 0.0347. The number of rotatable bonds is 3. The van der Waals surface area contributed by atoms with Gasteiger partial charge in [0.15, 0.2) is 0 Å². The van der Waals surface area contributed by atoms with Crippen LogP contribution in [0.2, 0.25) is 0 Å². The van der Waals surface area contributed by atoms with Crippen LogP contribution in [0.4, 0.5) is 0 Å². The van der Waals surface area contributed by atoms with E-state index >= 15 is 0 Å². The van der Waals surface area contributed by atoms with Gasteiger partial charge in [-0.15, -0.1) is 0 Å². The second-order valence-corrected chi connectivity index (χ2v) is 4.66. The highest BCUT2D eigenvalue weighted by molar-refractivity contribution is 5.94. The topological polar surface area (TPSA) is 37.6 Å². The van der Waals surface area contributed by atoms with Gasteiger partial charge in [0.1, 0.15) is 11.3 Å². The fourth-order valence-electron chi connectivity index (χ4n) is 2.19. The summed E-state index contributed by atoms with van der Waals surface area (Å²) in [6.45, 7) is 6.72. The number of aryl methyl sites for hydroxylation is 2. The van der Waals surface area contributed by atoms with Crippen LogP contribution >= 0.6 is 0 Å². The van der Waals surface area contributed by atoms with Crippen molar-refractivity contribution in [1.82, 2.24) is 14.3 Å². The molecule has 0 saturated carbocycles. The molecule has 0 aliphatic carbocycles. The molecule has 96 valence electrons. The maximum atomic E-state index is 12.4. The zero-order chi connectivity index (χ0) is 13.3. The van der Waals surface area contributed by atoms with Crippen LogP contribution in [-0.2, 0) is 0 Å². The first-order valence-corrected chi connectivity index (χ1v) is 6.26. The summed E-state index contributed by atoms with van der Waals surface area (Å²) in [5.74, 6) is 0.0347. The number of imidazole rings is 1. The molecule has 0 atom stereocenters. The molecule has 0 fully saturated rings. The zero-order valence-corrected chi connectivity index (χ0v) is 11.4.